The second kappa shape index (κ2) is 5.21. The molecule has 1 aromatic carbocycles. The Labute approximate surface area is 112 Å². The highest BCUT2D eigenvalue weighted by molar-refractivity contribution is 7.13. The van der Waals surface area contributed by atoms with Crippen molar-refractivity contribution in [2.24, 2.45) is 0 Å². The fourth-order valence-corrected chi connectivity index (χ4v) is 3.20. The van der Waals surface area contributed by atoms with Crippen molar-refractivity contribution in [2.45, 2.75) is 26.3 Å². The first-order valence-corrected chi connectivity index (χ1v) is 7.43. The van der Waals surface area contributed by atoms with Crippen LogP contribution in [0.2, 0.25) is 0 Å². The van der Waals surface area contributed by atoms with Gasteiger partial charge in [0.25, 0.3) is 0 Å². The molecular formula is C15H18N2S. The van der Waals surface area contributed by atoms with Gasteiger partial charge in [0.15, 0.2) is 0 Å². The number of aromatic nitrogens is 1. The van der Waals surface area contributed by atoms with E-state index in [1.165, 1.54) is 42.8 Å². The minimum atomic E-state index is 1.02. The number of rotatable bonds is 3. The summed E-state index contributed by atoms with van der Waals surface area (Å²) in [4.78, 5) is 7.24. The second-order valence-corrected chi connectivity index (χ2v) is 5.85. The van der Waals surface area contributed by atoms with Crippen molar-refractivity contribution >= 4 is 11.3 Å². The molecule has 0 amide bonds. The van der Waals surface area contributed by atoms with Crippen LogP contribution >= 0.6 is 11.3 Å². The first kappa shape index (κ1) is 11.9. The third-order valence-electron chi connectivity index (χ3n) is 3.43. The van der Waals surface area contributed by atoms with Crippen LogP contribution in [0, 0.1) is 6.92 Å². The van der Waals surface area contributed by atoms with Gasteiger partial charge in [-0.05, 0) is 32.9 Å². The van der Waals surface area contributed by atoms with Gasteiger partial charge in [-0.3, -0.25) is 4.90 Å². The molecule has 1 saturated heterocycles. The molecule has 0 atom stereocenters. The highest BCUT2D eigenvalue weighted by Crippen LogP contribution is 2.25. The molecular weight excluding hydrogens is 240 g/mol. The van der Waals surface area contributed by atoms with Crippen molar-refractivity contribution < 1.29 is 0 Å². The van der Waals surface area contributed by atoms with Gasteiger partial charge in [-0.1, -0.05) is 29.8 Å². The molecule has 3 heteroatoms. The zero-order chi connectivity index (χ0) is 12.4. The molecule has 1 aromatic heterocycles. The molecule has 0 unspecified atom stereocenters. The van der Waals surface area contributed by atoms with Crippen molar-refractivity contribution in [3.63, 3.8) is 0 Å². The van der Waals surface area contributed by atoms with Crippen LogP contribution in [0.1, 0.15) is 24.1 Å². The maximum atomic E-state index is 4.75. The van der Waals surface area contributed by atoms with Gasteiger partial charge in [0.05, 0.1) is 5.69 Å². The molecule has 2 nitrogen and oxygen atoms in total. The number of hydrogen-bond donors (Lipinski definition) is 0. The van der Waals surface area contributed by atoms with Crippen LogP contribution in [-0.2, 0) is 6.54 Å². The zero-order valence-electron chi connectivity index (χ0n) is 10.7. The highest BCUT2D eigenvalue weighted by atomic mass is 32.1. The summed E-state index contributed by atoms with van der Waals surface area (Å²) < 4.78 is 0. The average Bonchev–Trinajstić information content (AvgIpc) is 3.02. The predicted octanol–water partition coefficient (Wildman–Crippen LogP) is 3.71. The van der Waals surface area contributed by atoms with E-state index in [-0.39, 0.29) is 0 Å². The third-order valence-corrected chi connectivity index (χ3v) is 4.37. The van der Waals surface area contributed by atoms with E-state index in [0.29, 0.717) is 0 Å². The standard InChI is InChI=1S/C15H18N2S/c1-12-4-6-13(7-5-12)15-16-14(11-18-15)10-17-8-2-3-9-17/h4-7,11H,2-3,8-10H2,1H3. The van der Waals surface area contributed by atoms with Gasteiger partial charge in [-0.25, -0.2) is 4.98 Å². The lowest BCUT2D eigenvalue weighted by atomic mass is 10.2. The fourth-order valence-electron chi connectivity index (χ4n) is 2.38. The van der Waals surface area contributed by atoms with E-state index in [1.807, 2.05) is 0 Å². The smallest absolute Gasteiger partial charge is 0.123 e. The Balaban J connectivity index is 1.74. The van der Waals surface area contributed by atoms with E-state index in [1.54, 1.807) is 11.3 Å². The Morgan fingerprint density at radius 2 is 1.89 bits per heavy atom. The summed E-state index contributed by atoms with van der Waals surface area (Å²) in [6, 6.07) is 8.62. The summed E-state index contributed by atoms with van der Waals surface area (Å²) in [5.41, 5.74) is 3.75. The molecule has 1 aliphatic rings. The summed E-state index contributed by atoms with van der Waals surface area (Å²) in [6.07, 6.45) is 2.68. The van der Waals surface area contributed by atoms with Crippen molar-refractivity contribution in [3.8, 4) is 10.6 Å². The Morgan fingerprint density at radius 3 is 2.61 bits per heavy atom. The monoisotopic (exact) mass is 258 g/mol. The first-order chi connectivity index (χ1) is 8.81. The van der Waals surface area contributed by atoms with Crippen LogP contribution in [0.5, 0.6) is 0 Å². The molecule has 1 fully saturated rings. The number of thiazole rings is 1. The molecule has 0 saturated carbocycles. The number of likely N-dealkylation sites (tertiary alicyclic amines) is 1. The molecule has 1 aliphatic heterocycles. The van der Waals surface area contributed by atoms with Crippen molar-refractivity contribution in [2.75, 3.05) is 13.1 Å². The van der Waals surface area contributed by atoms with E-state index in [0.717, 1.165) is 11.6 Å². The quantitative estimate of drug-likeness (QED) is 0.834. The first-order valence-electron chi connectivity index (χ1n) is 6.55. The van der Waals surface area contributed by atoms with Crippen LogP contribution in [0.25, 0.3) is 10.6 Å². The minimum Gasteiger partial charge on any atom is -0.297 e. The van der Waals surface area contributed by atoms with Gasteiger partial charge in [0.2, 0.25) is 0 Å². The maximum absolute atomic E-state index is 4.75. The van der Waals surface area contributed by atoms with Crippen molar-refractivity contribution in [1.29, 1.82) is 0 Å². The molecule has 0 spiro atoms. The van der Waals surface area contributed by atoms with E-state index in [2.05, 4.69) is 41.5 Å². The normalized spacial score (nSPS) is 16.3. The van der Waals surface area contributed by atoms with Crippen LogP contribution in [-0.4, -0.2) is 23.0 Å². The third kappa shape index (κ3) is 2.62. The molecule has 0 N–H and O–H groups in total. The van der Waals surface area contributed by atoms with Crippen LogP contribution < -0.4 is 0 Å². The van der Waals surface area contributed by atoms with Gasteiger partial charge in [-0.2, -0.15) is 0 Å². The Kier molecular flexibility index (Phi) is 3.43. The zero-order valence-corrected chi connectivity index (χ0v) is 11.5. The van der Waals surface area contributed by atoms with E-state index >= 15 is 0 Å². The van der Waals surface area contributed by atoms with Crippen LogP contribution in [0.3, 0.4) is 0 Å². The van der Waals surface area contributed by atoms with Crippen molar-refractivity contribution in [1.82, 2.24) is 9.88 Å². The van der Waals surface area contributed by atoms with Gasteiger partial charge < -0.3 is 0 Å². The summed E-state index contributed by atoms with van der Waals surface area (Å²) in [6.45, 7) is 5.60. The highest BCUT2D eigenvalue weighted by Gasteiger charge is 2.13. The van der Waals surface area contributed by atoms with Crippen LogP contribution in [0.4, 0.5) is 0 Å². The maximum Gasteiger partial charge on any atom is 0.123 e. The number of aryl methyl sites for hydroxylation is 1. The molecule has 0 bridgehead atoms. The molecule has 0 radical (unpaired) electrons. The molecule has 3 rings (SSSR count). The lowest BCUT2D eigenvalue weighted by Gasteiger charge is -2.11. The number of benzene rings is 1. The topological polar surface area (TPSA) is 16.1 Å². The van der Waals surface area contributed by atoms with Gasteiger partial charge in [-0.15, -0.1) is 11.3 Å². The SMILES string of the molecule is Cc1ccc(-c2nc(CN3CCCC3)cs2)cc1. The van der Waals surface area contributed by atoms with Crippen molar-refractivity contribution in [3.05, 3.63) is 40.9 Å². The number of nitrogens with zero attached hydrogens (tertiary/aromatic N) is 2. The largest absolute Gasteiger partial charge is 0.297 e. The Bertz CT molecular complexity index is 510. The summed E-state index contributed by atoms with van der Waals surface area (Å²) in [5, 5.41) is 3.34. The summed E-state index contributed by atoms with van der Waals surface area (Å²) >= 11 is 1.75. The average molecular weight is 258 g/mol. The predicted molar refractivity (Wildman–Crippen MR) is 76.8 cm³/mol. The number of hydrogen-bond acceptors (Lipinski definition) is 3. The van der Waals surface area contributed by atoms with Crippen LogP contribution in [0.15, 0.2) is 29.6 Å². The molecule has 18 heavy (non-hydrogen) atoms. The fraction of sp³-hybridized carbons (Fsp3) is 0.400. The van der Waals surface area contributed by atoms with E-state index < -0.39 is 0 Å². The summed E-state index contributed by atoms with van der Waals surface area (Å²) in [7, 11) is 0. The Hall–Kier alpha value is -1.19. The minimum absolute atomic E-state index is 1.02. The lowest BCUT2D eigenvalue weighted by Crippen LogP contribution is -2.18. The van der Waals surface area contributed by atoms with E-state index in [4.69, 9.17) is 4.98 Å². The van der Waals surface area contributed by atoms with E-state index in [9.17, 15) is 0 Å². The van der Waals surface area contributed by atoms with Gasteiger partial charge in [0, 0.05) is 17.5 Å². The Morgan fingerprint density at radius 1 is 1.17 bits per heavy atom. The molecule has 94 valence electrons. The molecule has 0 aliphatic carbocycles. The molecule has 2 aromatic rings. The van der Waals surface area contributed by atoms with Gasteiger partial charge in [0.1, 0.15) is 5.01 Å². The van der Waals surface area contributed by atoms with Gasteiger partial charge >= 0.3 is 0 Å². The lowest BCUT2D eigenvalue weighted by molar-refractivity contribution is 0.328. The summed E-state index contributed by atoms with van der Waals surface area (Å²) in [5.74, 6) is 0. The molecule has 2 heterocycles. The second-order valence-electron chi connectivity index (χ2n) is 4.99.